The van der Waals surface area contributed by atoms with E-state index in [0.29, 0.717) is 13.2 Å². The zero-order valence-electron chi connectivity index (χ0n) is 19.2. The molecule has 0 saturated carbocycles. The maximum absolute atomic E-state index is 11.6. The van der Waals surface area contributed by atoms with E-state index < -0.39 is 11.9 Å². The minimum atomic E-state index is -0.414. The van der Waals surface area contributed by atoms with E-state index in [9.17, 15) is 9.59 Å². The van der Waals surface area contributed by atoms with Crippen molar-refractivity contribution in [3.05, 3.63) is 0 Å². The largest absolute Gasteiger partial charge is 0.464 e. The van der Waals surface area contributed by atoms with Gasteiger partial charge in [0.1, 0.15) is 13.2 Å². The van der Waals surface area contributed by atoms with Gasteiger partial charge in [-0.2, -0.15) is 0 Å². The molecule has 0 saturated heterocycles. The van der Waals surface area contributed by atoms with Crippen molar-refractivity contribution in [1.82, 2.24) is 0 Å². The van der Waals surface area contributed by atoms with Crippen LogP contribution in [0.1, 0.15) is 117 Å². The molecule has 0 aromatic carbocycles. The highest BCUT2D eigenvalue weighted by molar-refractivity contribution is 5.73. The van der Waals surface area contributed by atoms with E-state index in [2.05, 4.69) is 13.8 Å². The van der Waals surface area contributed by atoms with Crippen molar-refractivity contribution < 1.29 is 23.8 Å². The SMILES string of the molecule is CCCCCCCCCCCOC(=O)COCC(=O)OCCCCCCCCC. The summed E-state index contributed by atoms with van der Waals surface area (Å²) in [5.74, 6) is -0.827. The first kappa shape index (κ1) is 27.9. The van der Waals surface area contributed by atoms with Crippen LogP contribution < -0.4 is 0 Å². The van der Waals surface area contributed by atoms with E-state index in [0.717, 1.165) is 25.7 Å². The predicted molar refractivity (Wildman–Crippen MR) is 118 cm³/mol. The first-order valence-corrected chi connectivity index (χ1v) is 12.1. The van der Waals surface area contributed by atoms with Gasteiger partial charge < -0.3 is 14.2 Å². The Balaban J connectivity index is 3.30. The molecule has 0 spiro atoms. The van der Waals surface area contributed by atoms with Crippen LogP contribution in [-0.4, -0.2) is 38.4 Å². The van der Waals surface area contributed by atoms with E-state index in [-0.39, 0.29) is 13.2 Å². The molecule has 0 aliphatic rings. The Morgan fingerprint density at radius 1 is 0.483 bits per heavy atom. The highest BCUT2D eigenvalue weighted by atomic mass is 16.6. The third kappa shape index (κ3) is 23.0. The molecule has 0 unspecified atom stereocenters. The normalized spacial score (nSPS) is 10.8. The van der Waals surface area contributed by atoms with Crippen LogP contribution in [-0.2, 0) is 23.8 Å². The Morgan fingerprint density at radius 2 is 0.793 bits per heavy atom. The van der Waals surface area contributed by atoms with Crippen LogP contribution in [0.3, 0.4) is 0 Å². The van der Waals surface area contributed by atoms with Gasteiger partial charge in [0.25, 0.3) is 0 Å². The molecule has 0 amide bonds. The van der Waals surface area contributed by atoms with Crippen molar-refractivity contribution in [1.29, 1.82) is 0 Å². The topological polar surface area (TPSA) is 61.8 Å². The summed E-state index contributed by atoms with van der Waals surface area (Å²) in [6.07, 6.45) is 19.3. The van der Waals surface area contributed by atoms with Crippen LogP contribution >= 0.6 is 0 Å². The number of carbonyl (C=O) groups excluding carboxylic acids is 2. The monoisotopic (exact) mass is 414 g/mol. The third-order valence-electron chi connectivity index (χ3n) is 4.96. The lowest BCUT2D eigenvalue weighted by Crippen LogP contribution is -2.19. The Bertz CT molecular complexity index is 370. The minimum Gasteiger partial charge on any atom is -0.464 e. The summed E-state index contributed by atoms with van der Waals surface area (Å²) in [6, 6.07) is 0. The average molecular weight is 415 g/mol. The van der Waals surface area contributed by atoms with Gasteiger partial charge in [-0.1, -0.05) is 104 Å². The maximum atomic E-state index is 11.6. The molecule has 0 fully saturated rings. The molecule has 0 atom stereocenters. The van der Waals surface area contributed by atoms with Gasteiger partial charge in [-0.25, -0.2) is 9.59 Å². The Hall–Kier alpha value is -1.10. The van der Waals surface area contributed by atoms with Crippen LogP contribution in [0, 0.1) is 0 Å². The van der Waals surface area contributed by atoms with Crippen LogP contribution in [0.4, 0.5) is 0 Å². The maximum Gasteiger partial charge on any atom is 0.332 e. The van der Waals surface area contributed by atoms with Crippen LogP contribution in [0.2, 0.25) is 0 Å². The third-order valence-corrected chi connectivity index (χ3v) is 4.96. The number of ether oxygens (including phenoxy) is 3. The van der Waals surface area contributed by atoms with E-state index in [1.165, 1.54) is 77.0 Å². The Kier molecular flexibility index (Phi) is 22.3. The highest BCUT2D eigenvalue weighted by Gasteiger charge is 2.07. The summed E-state index contributed by atoms with van der Waals surface area (Å²) in [6.45, 7) is 4.92. The first-order chi connectivity index (χ1) is 14.2. The van der Waals surface area contributed by atoms with Crippen molar-refractivity contribution in [2.24, 2.45) is 0 Å². The summed E-state index contributed by atoms with van der Waals surface area (Å²) >= 11 is 0. The molecule has 0 heterocycles. The van der Waals surface area contributed by atoms with Crippen LogP contribution in [0.25, 0.3) is 0 Å². The van der Waals surface area contributed by atoms with E-state index in [1.807, 2.05) is 0 Å². The number of esters is 2. The molecular weight excluding hydrogens is 368 g/mol. The summed E-state index contributed by atoms with van der Waals surface area (Å²) < 4.78 is 15.3. The van der Waals surface area contributed by atoms with Crippen LogP contribution in [0.5, 0.6) is 0 Å². The highest BCUT2D eigenvalue weighted by Crippen LogP contribution is 2.09. The second kappa shape index (κ2) is 23.2. The van der Waals surface area contributed by atoms with Crippen molar-refractivity contribution in [2.45, 2.75) is 117 Å². The summed E-state index contributed by atoms with van der Waals surface area (Å²) in [5.41, 5.74) is 0. The zero-order valence-corrected chi connectivity index (χ0v) is 19.2. The summed E-state index contributed by atoms with van der Waals surface area (Å²) in [5, 5.41) is 0. The van der Waals surface area contributed by atoms with E-state index in [4.69, 9.17) is 14.2 Å². The molecule has 29 heavy (non-hydrogen) atoms. The molecule has 5 heteroatoms. The Morgan fingerprint density at radius 3 is 1.14 bits per heavy atom. The lowest BCUT2D eigenvalue weighted by atomic mass is 10.1. The Labute approximate surface area is 179 Å². The van der Waals surface area contributed by atoms with E-state index >= 15 is 0 Å². The molecule has 0 N–H and O–H groups in total. The lowest BCUT2D eigenvalue weighted by molar-refractivity contribution is -0.155. The first-order valence-electron chi connectivity index (χ1n) is 12.1. The molecule has 172 valence electrons. The second-order valence-electron chi connectivity index (χ2n) is 7.88. The van der Waals surface area contributed by atoms with Gasteiger partial charge in [0, 0.05) is 0 Å². The quantitative estimate of drug-likeness (QED) is 0.152. The average Bonchev–Trinajstić information content (AvgIpc) is 2.71. The van der Waals surface area contributed by atoms with Crippen molar-refractivity contribution in [2.75, 3.05) is 26.4 Å². The molecular formula is C24H46O5. The number of unbranched alkanes of at least 4 members (excludes halogenated alkanes) is 14. The van der Waals surface area contributed by atoms with Gasteiger partial charge in [-0.3, -0.25) is 0 Å². The van der Waals surface area contributed by atoms with Crippen molar-refractivity contribution in [3.63, 3.8) is 0 Å². The zero-order chi connectivity index (χ0) is 21.4. The second-order valence-corrected chi connectivity index (χ2v) is 7.88. The number of hydrogen-bond donors (Lipinski definition) is 0. The van der Waals surface area contributed by atoms with Crippen molar-refractivity contribution in [3.8, 4) is 0 Å². The summed E-state index contributed by atoms with van der Waals surface area (Å²) in [4.78, 5) is 23.1. The molecule has 0 aromatic rings. The molecule has 0 rings (SSSR count). The van der Waals surface area contributed by atoms with Crippen molar-refractivity contribution >= 4 is 11.9 Å². The standard InChI is InChI=1S/C24H46O5/c1-3-5-7-9-11-12-14-16-18-20-29-24(26)22-27-21-23(25)28-19-17-15-13-10-8-6-4-2/h3-22H2,1-2H3. The summed E-state index contributed by atoms with van der Waals surface area (Å²) in [7, 11) is 0. The predicted octanol–water partition coefficient (Wildman–Crippen LogP) is 6.37. The lowest BCUT2D eigenvalue weighted by Gasteiger charge is -2.07. The van der Waals surface area contributed by atoms with E-state index in [1.54, 1.807) is 0 Å². The smallest absolute Gasteiger partial charge is 0.332 e. The van der Waals surface area contributed by atoms with Gasteiger partial charge >= 0.3 is 11.9 Å². The molecule has 5 nitrogen and oxygen atoms in total. The van der Waals surface area contributed by atoms with Gasteiger partial charge in [-0.15, -0.1) is 0 Å². The van der Waals surface area contributed by atoms with Gasteiger partial charge in [0.05, 0.1) is 13.2 Å². The molecule has 0 aromatic heterocycles. The van der Waals surface area contributed by atoms with Gasteiger partial charge in [0.15, 0.2) is 0 Å². The van der Waals surface area contributed by atoms with Gasteiger partial charge in [0.2, 0.25) is 0 Å². The fourth-order valence-electron chi connectivity index (χ4n) is 3.14. The van der Waals surface area contributed by atoms with Gasteiger partial charge in [-0.05, 0) is 12.8 Å². The number of hydrogen-bond acceptors (Lipinski definition) is 5. The number of carbonyl (C=O) groups is 2. The minimum absolute atomic E-state index is 0.191. The molecule has 0 radical (unpaired) electrons. The fourth-order valence-corrected chi connectivity index (χ4v) is 3.14. The molecule has 0 bridgehead atoms. The number of rotatable bonds is 22. The molecule has 0 aliphatic carbocycles. The fraction of sp³-hybridized carbons (Fsp3) is 0.917. The molecule has 0 aliphatic heterocycles. The van der Waals surface area contributed by atoms with Crippen LogP contribution in [0.15, 0.2) is 0 Å².